The summed E-state index contributed by atoms with van der Waals surface area (Å²) in [5, 5.41) is 4.73. The summed E-state index contributed by atoms with van der Waals surface area (Å²) in [6.45, 7) is 3.29. The fraction of sp³-hybridized carbons (Fsp3) is 0.909. The maximum atomic E-state index is 4.72. The topological polar surface area (TPSA) is 24.4 Å². The molecule has 0 bridgehead atoms. The van der Waals surface area contributed by atoms with E-state index in [0.717, 1.165) is 12.5 Å². The molecule has 0 aromatic rings. The summed E-state index contributed by atoms with van der Waals surface area (Å²) in [6.07, 6.45) is 3.88. The molecule has 15 heavy (non-hydrogen) atoms. The fourth-order valence-electron chi connectivity index (χ4n) is 1.92. The van der Waals surface area contributed by atoms with Crippen LogP contribution in [0.2, 0.25) is 0 Å². The SMILES string of the molecule is CCC1CCSC(=NCC2CCSC2)N1. The van der Waals surface area contributed by atoms with E-state index in [-0.39, 0.29) is 0 Å². The molecule has 2 saturated heterocycles. The van der Waals surface area contributed by atoms with Crippen LogP contribution in [-0.2, 0) is 0 Å². The monoisotopic (exact) mass is 244 g/mol. The molecule has 4 heteroatoms. The zero-order chi connectivity index (χ0) is 10.5. The van der Waals surface area contributed by atoms with E-state index in [1.165, 1.54) is 41.7 Å². The van der Waals surface area contributed by atoms with Crippen LogP contribution >= 0.6 is 23.5 Å². The minimum Gasteiger partial charge on any atom is -0.362 e. The van der Waals surface area contributed by atoms with Gasteiger partial charge in [0.2, 0.25) is 0 Å². The Morgan fingerprint density at radius 2 is 2.33 bits per heavy atom. The molecule has 2 heterocycles. The van der Waals surface area contributed by atoms with Crippen LogP contribution in [0.3, 0.4) is 0 Å². The van der Waals surface area contributed by atoms with Crippen molar-refractivity contribution < 1.29 is 0 Å². The van der Waals surface area contributed by atoms with Crippen molar-refractivity contribution >= 4 is 28.7 Å². The highest BCUT2D eigenvalue weighted by atomic mass is 32.2. The lowest BCUT2D eigenvalue weighted by Crippen LogP contribution is -2.37. The number of nitrogens with one attached hydrogen (secondary N) is 1. The Hall–Kier alpha value is 0.170. The second-order valence-corrected chi connectivity index (χ2v) is 6.50. The van der Waals surface area contributed by atoms with Gasteiger partial charge in [0.25, 0.3) is 0 Å². The molecule has 0 spiro atoms. The molecule has 86 valence electrons. The second kappa shape index (κ2) is 6.04. The van der Waals surface area contributed by atoms with Crippen LogP contribution in [0.4, 0.5) is 0 Å². The Morgan fingerprint density at radius 1 is 1.40 bits per heavy atom. The predicted molar refractivity (Wildman–Crippen MR) is 72.0 cm³/mol. The molecule has 2 aliphatic heterocycles. The zero-order valence-corrected chi connectivity index (χ0v) is 11.0. The maximum Gasteiger partial charge on any atom is 0.156 e. The lowest BCUT2D eigenvalue weighted by atomic mass is 10.1. The van der Waals surface area contributed by atoms with Crippen LogP contribution in [-0.4, -0.2) is 35.0 Å². The van der Waals surface area contributed by atoms with E-state index in [1.807, 2.05) is 11.8 Å². The van der Waals surface area contributed by atoms with Crippen molar-refractivity contribution in [3.05, 3.63) is 0 Å². The molecule has 0 saturated carbocycles. The standard InChI is InChI=1S/C11H20N2S2/c1-2-10-4-6-15-11(13-10)12-7-9-3-5-14-8-9/h9-10H,2-8H2,1H3,(H,12,13). The van der Waals surface area contributed by atoms with Crippen LogP contribution in [0.5, 0.6) is 0 Å². The van der Waals surface area contributed by atoms with Gasteiger partial charge in [-0.1, -0.05) is 18.7 Å². The van der Waals surface area contributed by atoms with Gasteiger partial charge in [-0.25, -0.2) is 0 Å². The van der Waals surface area contributed by atoms with E-state index in [1.54, 1.807) is 0 Å². The van der Waals surface area contributed by atoms with Crippen LogP contribution in [0.1, 0.15) is 26.2 Å². The summed E-state index contributed by atoms with van der Waals surface area (Å²) in [6, 6.07) is 0.669. The molecule has 0 aromatic heterocycles. The molecule has 0 amide bonds. The van der Waals surface area contributed by atoms with Crippen LogP contribution < -0.4 is 5.32 Å². The van der Waals surface area contributed by atoms with Crippen molar-refractivity contribution in [2.45, 2.75) is 32.2 Å². The second-order valence-electron chi connectivity index (χ2n) is 4.26. The van der Waals surface area contributed by atoms with E-state index >= 15 is 0 Å². The summed E-state index contributed by atoms with van der Waals surface area (Å²) in [5.41, 5.74) is 0. The zero-order valence-electron chi connectivity index (χ0n) is 9.37. The van der Waals surface area contributed by atoms with Crippen LogP contribution in [0, 0.1) is 5.92 Å². The van der Waals surface area contributed by atoms with E-state index in [0.29, 0.717) is 6.04 Å². The molecule has 2 fully saturated rings. The Morgan fingerprint density at radius 3 is 3.07 bits per heavy atom. The van der Waals surface area contributed by atoms with Crippen molar-refractivity contribution in [2.75, 3.05) is 23.8 Å². The first-order valence-corrected chi connectivity index (χ1v) is 8.04. The molecule has 2 unspecified atom stereocenters. The number of nitrogens with zero attached hydrogens (tertiary/aromatic N) is 1. The lowest BCUT2D eigenvalue weighted by Gasteiger charge is -2.24. The minimum atomic E-state index is 0.669. The Labute approximate surface area is 101 Å². The average molecular weight is 244 g/mol. The predicted octanol–water partition coefficient (Wildman–Crippen LogP) is 2.60. The van der Waals surface area contributed by atoms with Gasteiger partial charge in [-0.15, -0.1) is 0 Å². The number of amidine groups is 1. The highest BCUT2D eigenvalue weighted by Crippen LogP contribution is 2.24. The highest BCUT2D eigenvalue weighted by molar-refractivity contribution is 8.13. The Balaban J connectivity index is 1.78. The first kappa shape index (κ1) is 11.6. The van der Waals surface area contributed by atoms with E-state index in [2.05, 4.69) is 24.0 Å². The normalized spacial score (nSPS) is 34.3. The largest absolute Gasteiger partial charge is 0.362 e. The van der Waals surface area contributed by atoms with Crippen molar-refractivity contribution in [3.63, 3.8) is 0 Å². The molecule has 2 aliphatic rings. The molecular formula is C11H20N2S2. The average Bonchev–Trinajstić information content (AvgIpc) is 2.79. The van der Waals surface area contributed by atoms with Crippen molar-refractivity contribution in [3.8, 4) is 0 Å². The van der Waals surface area contributed by atoms with Gasteiger partial charge < -0.3 is 5.32 Å². The van der Waals surface area contributed by atoms with Gasteiger partial charge in [0, 0.05) is 18.3 Å². The van der Waals surface area contributed by atoms with Crippen molar-refractivity contribution in [2.24, 2.45) is 10.9 Å². The Bertz CT molecular complexity index is 225. The van der Waals surface area contributed by atoms with Gasteiger partial charge >= 0.3 is 0 Å². The number of aliphatic imine (C=N–C) groups is 1. The summed E-state index contributed by atoms with van der Waals surface area (Å²) in [7, 11) is 0. The molecule has 0 aromatic carbocycles. The molecule has 2 nitrogen and oxygen atoms in total. The third-order valence-corrected chi connectivity index (χ3v) is 5.23. The van der Waals surface area contributed by atoms with Gasteiger partial charge in [0.05, 0.1) is 0 Å². The third-order valence-electron chi connectivity index (χ3n) is 3.04. The van der Waals surface area contributed by atoms with Gasteiger partial charge in [0.15, 0.2) is 5.17 Å². The van der Waals surface area contributed by atoms with E-state index in [4.69, 9.17) is 4.99 Å². The molecule has 2 atom stereocenters. The molecular weight excluding hydrogens is 224 g/mol. The summed E-state index contributed by atoms with van der Waals surface area (Å²) < 4.78 is 0. The van der Waals surface area contributed by atoms with Gasteiger partial charge in [-0.3, -0.25) is 4.99 Å². The first-order chi connectivity index (χ1) is 7.38. The number of rotatable bonds is 3. The smallest absolute Gasteiger partial charge is 0.156 e. The number of hydrogen-bond donors (Lipinski definition) is 1. The number of thioether (sulfide) groups is 2. The molecule has 1 N–H and O–H groups in total. The first-order valence-electron chi connectivity index (χ1n) is 5.90. The van der Waals surface area contributed by atoms with E-state index in [9.17, 15) is 0 Å². The Kier molecular flexibility index (Phi) is 4.69. The highest BCUT2D eigenvalue weighted by Gasteiger charge is 2.18. The summed E-state index contributed by atoms with van der Waals surface area (Å²) in [5.74, 6) is 4.74. The van der Waals surface area contributed by atoms with Gasteiger partial charge in [0.1, 0.15) is 0 Å². The van der Waals surface area contributed by atoms with Crippen LogP contribution in [0.25, 0.3) is 0 Å². The summed E-state index contributed by atoms with van der Waals surface area (Å²) >= 11 is 3.98. The quantitative estimate of drug-likeness (QED) is 0.826. The van der Waals surface area contributed by atoms with E-state index < -0.39 is 0 Å². The molecule has 0 radical (unpaired) electrons. The lowest BCUT2D eigenvalue weighted by molar-refractivity contribution is 0.565. The van der Waals surface area contributed by atoms with Gasteiger partial charge in [-0.2, -0.15) is 11.8 Å². The minimum absolute atomic E-state index is 0.669. The third kappa shape index (κ3) is 3.59. The summed E-state index contributed by atoms with van der Waals surface area (Å²) in [4.78, 5) is 4.72. The number of hydrogen-bond acceptors (Lipinski definition) is 3. The maximum absolute atomic E-state index is 4.72. The van der Waals surface area contributed by atoms with Crippen molar-refractivity contribution in [1.29, 1.82) is 0 Å². The fourth-order valence-corrected chi connectivity index (χ4v) is 4.21. The molecule has 0 aliphatic carbocycles. The van der Waals surface area contributed by atoms with Gasteiger partial charge in [-0.05, 0) is 36.7 Å². The van der Waals surface area contributed by atoms with Crippen LogP contribution in [0.15, 0.2) is 4.99 Å². The molecule has 2 rings (SSSR count). The van der Waals surface area contributed by atoms with Crippen molar-refractivity contribution in [1.82, 2.24) is 5.32 Å².